The highest BCUT2D eigenvalue weighted by Gasteiger charge is 2.29. The minimum absolute atomic E-state index is 0.00381. The second kappa shape index (κ2) is 9.72. The smallest absolute Gasteiger partial charge is 0.255 e. The third kappa shape index (κ3) is 4.91. The van der Waals surface area contributed by atoms with Crippen LogP contribution < -0.4 is 10.1 Å². The first-order chi connectivity index (χ1) is 15.9. The van der Waals surface area contributed by atoms with Crippen molar-refractivity contribution in [3.8, 4) is 17.2 Å². The lowest BCUT2D eigenvalue weighted by molar-refractivity contribution is 0.102. The fourth-order valence-corrected chi connectivity index (χ4v) is 5.52. The van der Waals surface area contributed by atoms with Crippen LogP contribution in [0.25, 0.3) is 11.5 Å². The molecule has 33 heavy (non-hydrogen) atoms. The number of nitrogens with one attached hydrogen (secondary N) is 1. The molecule has 1 amide bonds. The summed E-state index contributed by atoms with van der Waals surface area (Å²) >= 11 is 0. The van der Waals surface area contributed by atoms with E-state index in [2.05, 4.69) is 15.5 Å². The van der Waals surface area contributed by atoms with E-state index < -0.39 is 15.9 Å². The zero-order valence-electron chi connectivity index (χ0n) is 18.6. The van der Waals surface area contributed by atoms with Gasteiger partial charge in [0.1, 0.15) is 10.6 Å². The molecule has 0 bridgehead atoms. The van der Waals surface area contributed by atoms with Crippen molar-refractivity contribution in [1.82, 2.24) is 14.5 Å². The molecule has 0 saturated carbocycles. The Kier molecular flexibility index (Phi) is 6.75. The van der Waals surface area contributed by atoms with Crippen LogP contribution in [-0.2, 0) is 10.0 Å². The largest absolute Gasteiger partial charge is 0.495 e. The molecule has 0 unspecified atom stereocenters. The summed E-state index contributed by atoms with van der Waals surface area (Å²) in [5.41, 5.74) is 2.26. The summed E-state index contributed by atoms with van der Waals surface area (Å²) < 4.78 is 38.8. The Morgan fingerprint density at radius 2 is 1.85 bits per heavy atom. The topological polar surface area (TPSA) is 115 Å². The summed E-state index contributed by atoms with van der Waals surface area (Å²) in [5.74, 6) is 0.113. The number of hydrogen-bond acceptors (Lipinski definition) is 7. The van der Waals surface area contributed by atoms with E-state index in [1.807, 2.05) is 19.1 Å². The maximum Gasteiger partial charge on any atom is 0.255 e. The van der Waals surface area contributed by atoms with Crippen molar-refractivity contribution in [3.63, 3.8) is 0 Å². The second-order valence-corrected chi connectivity index (χ2v) is 9.82. The summed E-state index contributed by atoms with van der Waals surface area (Å²) in [6, 6.07) is 9.83. The van der Waals surface area contributed by atoms with Gasteiger partial charge in [0.05, 0.1) is 7.11 Å². The van der Waals surface area contributed by atoms with Gasteiger partial charge in [-0.25, -0.2) is 8.42 Å². The average Bonchev–Trinajstić information content (AvgIpc) is 3.21. The number of carbonyl (C=O) groups is 1. The summed E-state index contributed by atoms with van der Waals surface area (Å²) in [6.45, 7) is 2.78. The van der Waals surface area contributed by atoms with Gasteiger partial charge in [0.15, 0.2) is 0 Å². The normalized spacial score (nSPS) is 15.1. The highest BCUT2D eigenvalue weighted by Crippen LogP contribution is 2.30. The summed E-state index contributed by atoms with van der Waals surface area (Å²) in [5, 5.41) is 10.4. The van der Waals surface area contributed by atoms with Crippen molar-refractivity contribution >= 4 is 21.6 Å². The molecular formula is C23H26N4O5S. The number of rotatable bonds is 6. The van der Waals surface area contributed by atoms with Crippen molar-refractivity contribution in [2.45, 2.75) is 37.5 Å². The molecule has 1 N–H and O–H groups in total. The Morgan fingerprint density at radius 3 is 2.52 bits per heavy atom. The molecule has 0 radical (unpaired) electrons. The van der Waals surface area contributed by atoms with Crippen molar-refractivity contribution in [1.29, 1.82) is 0 Å². The Balaban J connectivity index is 1.64. The number of aryl methyl sites for hydroxylation is 1. The summed E-state index contributed by atoms with van der Waals surface area (Å²) in [4.78, 5) is 13.1. The number of carbonyl (C=O) groups excluding carboxylic acids is 1. The first-order valence-corrected chi connectivity index (χ1v) is 12.2. The number of aromatic nitrogens is 2. The number of hydrogen-bond donors (Lipinski definition) is 1. The van der Waals surface area contributed by atoms with Crippen LogP contribution in [0.3, 0.4) is 0 Å². The van der Waals surface area contributed by atoms with E-state index in [1.165, 1.54) is 29.9 Å². The molecule has 1 fully saturated rings. The highest BCUT2D eigenvalue weighted by atomic mass is 32.2. The molecule has 9 nitrogen and oxygen atoms in total. The zero-order chi connectivity index (χ0) is 23.4. The Labute approximate surface area is 192 Å². The van der Waals surface area contributed by atoms with E-state index in [-0.39, 0.29) is 16.2 Å². The van der Waals surface area contributed by atoms with Crippen LogP contribution in [0.5, 0.6) is 5.75 Å². The Bertz CT molecular complexity index is 1230. The molecular weight excluding hydrogens is 444 g/mol. The monoisotopic (exact) mass is 470 g/mol. The molecule has 0 spiro atoms. The predicted octanol–water partition coefficient (Wildman–Crippen LogP) is 3.87. The maximum atomic E-state index is 13.4. The summed E-state index contributed by atoms with van der Waals surface area (Å²) in [7, 11) is -2.38. The molecule has 1 aliphatic rings. The molecule has 1 saturated heterocycles. The third-order valence-electron chi connectivity index (χ3n) is 5.70. The highest BCUT2D eigenvalue weighted by molar-refractivity contribution is 7.89. The number of amides is 1. The van der Waals surface area contributed by atoms with E-state index in [9.17, 15) is 13.2 Å². The van der Waals surface area contributed by atoms with Gasteiger partial charge in [0.2, 0.25) is 22.3 Å². The number of sulfonamides is 1. The number of ether oxygens (including phenoxy) is 1. The lowest BCUT2D eigenvalue weighted by Crippen LogP contribution is -2.32. The van der Waals surface area contributed by atoms with Gasteiger partial charge in [-0.2, -0.15) is 4.31 Å². The molecule has 2 aromatic carbocycles. The number of anilines is 1. The average molecular weight is 471 g/mol. The predicted molar refractivity (Wildman–Crippen MR) is 123 cm³/mol. The van der Waals surface area contributed by atoms with Crippen molar-refractivity contribution in [2.24, 2.45) is 0 Å². The minimum Gasteiger partial charge on any atom is -0.495 e. The Morgan fingerprint density at radius 1 is 1.09 bits per heavy atom. The van der Waals surface area contributed by atoms with Gasteiger partial charge in [0, 0.05) is 29.9 Å². The fourth-order valence-electron chi connectivity index (χ4n) is 3.82. The van der Waals surface area contributed by atoms with Crippen LogP contribution in [0.2, 0.25) is 0 Å². The lowest BCUT2D eigenvalue weighted by atomic mass is 10.1. The maximum absolute atomic E-state index is 13.4. The third-order valence-corrected chi connectivity index (χ3v) is 7.62. The van der Waals surface area contributed by atoms with Gasteiger partial charge < -0.3 is 14.5 Å². The Hall–Kier alpha value is -3.24. The zero-order valence-corrected chi connectivity index (χ0v) is 19.4. The molecule has 4 rings (SSSR count). The summed E-state index contributed by atoms with van der Waals surface area (Å²) in [6.07, 6.45) is 4.88. The first-order valence-electron chi connectivity index (χ1n) is 10.8. The van der Waals surface area contributed by atoms with Gasteiger partial charge in [-0.1, -0.05) is 18.9 Å². The first kappa shape index (κ1) is 22.9. The van der Waals surface area contributed by atoms with Crippen molar-refractivity contribution < 1.29 is 22.4 Å². The molecule has 10 heteroatoms. The van der Waals surface area contributed by atoms with Crippen LogP contribution in [0, 0.1) is 6.92 Å². The molecule has 2 heterocycles. The van der Waals surface area contributed by atoms with E-state index in [4.69, 9.17) is 9.15 Å². The van der Waals surface area contributed by atoms with Gasteiger partial charge in [-0.15, -0.1) is 10.2 Å². The van der Waals surface area contributed by atoms with E-state index in [0.717, 1.165) is 31.2 Å². The van der Waals surface area contributed by atoms with Crippen LogP contribution in [0.15, 0.2) is 52.1 Å². The minimum atomic E-state index is -3.80. The van der Waals surface area contributed by atoms with Crippen LogP contribution in [-0.4, -0.2) is 49.0 Å². The van der Waals surface area contributed by atoms with Crippen molar-refractivity contribution in [2.75, 3.05) is 25.5 Å². The molecule has 1 aliphatic heterocycles. The second-order valence-electron chi connectivity index (χ2n) is 7.91. The van der Waals surface area contributed by atoms with Crippen LogP contribution >= 0.6 is 0 Å². The molecule has 1 aromatic heterocycles. The number of methoxy groups -OCH3 is 1. The van der Waals surface area contributed by atoms with E-state index in [0.29, 0.717) is 30.2 Å². The van der Waals surface area contributed by atoms with Crippen molar-refractivity contribution in [3.05, 3.63) is 53.9 Å². The van der Waals surface area contributed by atoms with Gasteiger partial charge in [-0.05, 0) is 55.7 Å². The van der Waals surface area contributed by atoms with Crippen LogP contribution in [0.4, 0.5) is 5.69 Å². The standard InChI is InChI=1S/C23H26N4O5S/c1-16-7-8-18(23-26-24-15-32-23)13-19(16)25-22(28)17-9-10-20(31-2)21(14-17)33(29,30)27-11-5-3-4-6-12-27/h7-10,13-15H,3-6,11-12H2,1-2H3,(H,25,28). The van der Waals surface area contributed by atoms with Gasteiger partial charge >= 0.3 is 0 Å². The molecule has 0 atom stereocenters. The quantitative estimate of drug-likeness (QED) is 0.581. The van der Waals surface area contributed by atoms with E-state index in [1.54, 1.807) is 12.1 Å². The van der Waals surface area contributed by atoms with Gasteiger partial charge in [-0.3, -0.25) is 4.79 Å². The van der Waals surface area contributed by atoms with Gasteiger partial charge in [0.25, 0.3) is 5.91 Å². The fraction of sp³-hybridized carbons (Fsp3) is 0.348. The van der Waals surface area contributed by atoms with E-state index >= 15 is 0 Å². The number of benzene rings is 2. The molecule has 3 aromatic rings. The SMILES string of the molecule is COc1ccc(C(=O)Nc2cc(-c3nnco3)ccc2C)cc1S(=O)(=O)N1CCCCCC1. The molecule has 0 aliphatic carbocycles. The number of nitrogens with zero attached hydrogens (tertiary/aromatic N) is 3. The lowest BCUT2D eigenvalue weighted by Gasteiger charge is -2.21. The van der Waals surface area contributed by atoms with Crippen LogP contribution in [0.1, 0.15) is 41.6 Å². The molecule has 174 valence electrons.